The highest BCUT2D eigenvalue weighted by Gasteiger charge is 2.34. The van der Waals surface area contributed by atoms with E-state index in [9.17, 15) is 4.79 Å². The lowest BCUT2D eigenvalue weighted by atomic mass is 9.81. The van der Waals surface area contributed by atoms with Gasteiger partial charge in [-0.05, 0) is 47.0 Å². The lowest BCUT2D eigenvalue weighted by Gasteiger charge is -2.38. The Morgan fingerprint density at radius 1 is 1.47 bits per heavy atom. The number of hydrogen-bond donors (Lipinski definition) is 1. The third-order valence-electron chi connectivity index (χ3n) is 4.44. The topological polar surface area (TPSA) is 56.1 Å². The molecule has 0 aliphatic carbocycles. The molecule has 1 fully saturated rings. The van der Waals surface area contributed by atoms with E-state index in [0.717, 1.165) is 32.4 Å². The molecule has 1 N–H and O–H groups in total. The van der Waals surface area contributed by atoms with Crippen molar-refractivity contribution >= 4 is 5.91 Å². The summed E-state index contributed by atoms with van der Waals surface area (Å²) in [6.45, 7) is 11.8. The van der Waals surface area contributed by atoms with E-state index in [-0.39, 0.29) is 22.9 Å². The standard InChI is InChI=1S/C15H27N3O/c1-6-14(3,4)17-13(19)12(2)18-9-7-15(5,11-16)8-10-18/h12H,6-10H2,1-5H3,(H,17,19). The molecular formula is C15H27N3O. The van der Waals surface area contributed by atoms with Gasteiger partial charge in [-0.25, -0.2) is 0 Å². The smallest absolute Gasteiger partial charge is 0.237 e. The first-order valence-corrected chi connectivity index (χ1v) is 7.20. The number of hydrogen-bond acceptors (Lipinski definition) is 3. The molecule has 1 unspecified atom stereocenters. The predicted molar refractivity (Wildman–Crippen MR) is 76.5 cm³/mol. The summed E-state index contributed by atoms with van der Waals surface area (Å²) in [5.41, 5.74) is -0.363. The number of carbonyl (C=O) groups excluding carboxylic acids is 1. The Morgan fingerprint density at radius 2 is 2.00 bits per heavy atom. The summed E-state index contributed by atoms with van der Waals surface area (Å²) in [5.74, 6) is 0.0902. The highest BCUT2D eigenvalue weighted by molar-refractivity contribution is 5.82. The third-order valence-corrected chi connectivity index (χ3v) is 4.44. The number of nitrogens with zero attached hydrogens (tertiary/aromatic N) is 2. The molecule has 4 nitrogen and oxygen atoms in total. The molecule has 1 heterocycles. The second kappa shape index (κ2) is 5.92. The molecule has 1 saturated heterocycles. The Kier molecular flexibility index (Phi) is 4.98. The fraction of sp³-hybridized carbons (Fsp3) is 0.867. The van der Waals surface area contributed by atoms with Gasteiger partial charge in [-0.2, -0.15) is 5.26 Å². The van der Waals surface area contributed by atoms with Gasteiger partial charge in [0, 0.05) is 18.6 Å². The van der Waals surface area contributed by atoms with Gasteiger partial charge in [0.25, 0.3) is 0 Å². The number of nitrogens with one attached hydrogen (secondary N) is 1. The molecule has 0 aromatic rings. The molecule has 1 rings (SSSR count). The van der Waals surface area contributed by atoms with Crippen molar-refractivity contribution in [1.82, 2.24) is 10.2 Å². The van der Waals surface area contributed by atoms with Gasteiger partial charge < -0.3 is 5.32 Å². The molecule has 4 heteroatoms. The highest BCUT2D eigenvalue weighted by atomic mass is 16.2. The van der Waals surface area contributed by atoms with Crippen molar-refractivity contribution in [2.75, 3.05) is 13.1 Å². The summed E-state index contributed by atoms with van der Waals surface area (Å²) in [6.07, 6.45) is 2.61. The highest BCUT2D eigenvalue weighted by Crippen LogP contribution is 2.30. The van der Waals surface area contributed by atoms with Gasteiger partial charge in [-0.1, -0.05) is 6.92 Å². The molecule has 19 heavy (non-hydrogen) atoms. The lowest BCUT2D eigenvalue weighted by molar-refractivity contribution is -0.128. The van der Waals surface area contributed by atoms with Crippen molar-refractivity contribution in [3.05, 3.63) is 0 Å². The van der Waals surface area contributed by atoms with Gasteiger partial charge in [0.1, 0.15) is 0 Å². The van der Waals surface area contributed by atoms with Crippen molar-refractivity contribution in [3.8, 4) is 6.07 Å². The van der Waals surface area contributed by atoms with E-state index in [1.165, 1.54) is 0 Å². The van der Waals surface area contributed by atoms with Gasteiger partial charge >= 0.3 is 0 Å². The fourth-order valence-corrected chi connectivity index (χ4v) is 2.21. The van der Waals surface area contributed by atoms with E-state index in [4.69, 9.17) is 5.26 Å². The number of amides is 1. The minimum atomic E-state index is -0.213. The predicted octanol–water partition coefficient (Wildman–Crippen LogP) is 2.31. The van der Waals surface area contributed by atoms with E-state index >= 15 is 0 Å². The van der Waals surface area contributed by atoms with Crippen LogP contribution >= 0.6 is 0 Å². The van der Waals surface area contributed by atoms with Crippen LogP contribution in [0.4, 0.5) is 0 Å². The minimum absolute atomic E-state index is 0.0902. The maximum absolute atomic E-state index is 12.2. The Balaban J connectivity index is 2.54. The molecule has 0 radical (unpaired) electrons. The number of rotatable bonds is 4. The average molecular weight is 265 g/mol. The van der Waals surface area contributed by atoms with Crippen LogP contribution in [0.2, 0.25) is 0 Å². The first kappa shape index (κ1) is 16.0. The van der Waals surface area contributed by atoms with Crippen LogP contribution < -0.4 is 5.32 Å². The van der Waals surface area contributed by atoms with Crippen LogP contribution in [0, 0.1) is 16.7 Å². The molecular weight excluding hydrogens is 238 g/mol. The van der Waals surface area contributed by atoms with Crippen LogP contribution in [0.3, 0.4) is 0 Å². The number of carbonyl (C=O) groups is 1. The Morgan fingerprint density at radius 3 is 2.42 bits per heavy atom. The monoisotopic (exact) mass is 265 g/mol. The van der Waals surface area contributed by atoms with E-state index in [1.807, 2.05) is 27.7 Å². The van der Waals surface area contributed by atoms with E-state index in [2.05, 4.69) is 23.2 Å². The molecule has 108 valence electrons. The maximum atomic E-state index is 12.2. The molecule has 1 aliphatic rings. The normalized spacial score (nSPS) is 21.5. The van der Waals surface area contributed by atoms with Crippen LogP contribution in [-0.2, 0) is 4.79 Å². The van der Waals surface area contributed by atoms with Gasteiger partial charge in [-0.3, -0.25) is 9.69 Å². The van der Waals surface area contributed by atoms with Crippen LogP contribution in [0.1, 0.15) is 53.9 Å². The maximum Gasteiger partial charge on any atom is 0.237 e. The Bertz CT molecular complexity index is 362. The number of nitriles is 1. The number of likely N-dealkylation sites (tertiary alicyclic amines) is 1. The van der Waals surface area contributed by atoms with Crippen molar-refractivity contribution in [3.63, 3.8) is 0 Å². The fourth-order valence-electron chi connectivity index (χ4n) is 2.21. The van der Waals surface area contributed by atoms with Crippen LogP contribution in [0.25, 0.3) is 0 Å². The molecule has 0 spiro atoms. The zero-order chi connectivity index (χ0) is 14.7. The van der Waals surface area contributed by atoms with Crippen molar-refractivity contribution in [2.24, 2.45) is 5.41 Å². The summed E-state index contributed by atoms with van der Waals surface area (Å²) in [6, 6.07) is 2.27. The summed E-state index contributed by atoms with van der Waals surface area (Å²) in [4.78, 5) is 14.4. The van der Waals surface area contributed by atoms with Gasteiger partial charge in [0.05, 0.1) is 17.5 Å². The van der Waals surface area contributed by atoms with E-state index in [0.29, 0.717) is 0 Å². The molecule has 1 atom stereocenters. The van der Waals surface area contributed by atoms with Crippen LogP contribution in [0.15, 0.2) is 0 Å². The van der Waals surface area contributed by atoms with Crippen LogP contribution in [-0.4, -0.2) is 35.5 Å². The largest absolute Gasteiger partial charge is 0.350 e. The lowest BCUT2D eigenvalue weighted by Crippen LogP contribution is -2.54. The summed E-state index contributed by atoms with van der Waals surface area (Å²) < 4.78 is 0. The van der Waals surface area contributed by atoms with E-state index < -0.39 is 0 Å². The van der Waals surface area contributed by atoms with Gasteiger partial charge in [0.2, 0.25) is 5.91 Å². The third kappa shape index (κ3) is 4.21. The first-order valence-electron chi connectivity index (χ1n) is 7.20. The average Bonchev–Trinajstić information content (AvgIpc) is 2.38. The van der Waals surface area contributed by atoms with Gasteiger partial charge in [0.15, 0.2) is 0 Å². The molecule has 0 aromatic carbocycles. The quantitative estimate of drug-likeness (QED) is 0.848. The zero-order valence-corrected chi connectivity index (χ0v) is 12.9. The molecule has 1 amide bonds. The number of piperidine rings is 1. The molecule has 1 aliphatic heterocycles. The van der Waals surface area contributed by atoms with Crippen molar-refractivity contribution < 1.29 is 4.79 Å². The second-order valence-corrected chi connectivity index (χ2v) is 6.61. The molecule has 0 aromatic heterocycles. The molecule has 0 bridgehead atoms. The van der Waals surface area contributed by atoms with Crippen LogP contribution in [0.5, 0.6) is 0 Å². The SMILES string of the molecule is CCC(C)(C)NC(=O)C(C)N1CCC(C)(C#N)CC1. The minimum Gasteiger partial charge on any atom is -0.350 e. The van der Waals surface area contributed by atoms with E-state index in [1.54, 1.807) is 0 Å². The van der Waals surface area contributed by atoms with Crippen molar-refractivity contribution in [2.45, 2.75) is 65.5 Å². The zero-order valence-electron chi connectivity index (χ0n) is 12.9. The summed E-state index contributed by atoms with van der Waals surface area (Å²) in [7, 11) is 0. The Labute approximate surface area is 117 Å². The Hall–Kier alpha value is -1.08. The first-order chi connectivity index (χ1) is 8.73. The van der Waals surface area contributed by atoms with Crippen molar-refractivity contribution in [1.29, 1.82) is 5.26 Å². The van der Waals surface area contributed by atoms with Gasteiger partial charge in [-0.15, -0.1) is 0 Å². The summed E-state index contributed by atoms with van der Waals surface area (Å²) >= 11 is 0. The molecule has 0 saturated carbocycles. The summed E-state index contributed by atoms with van der Waals surface area (Å²) in [5, 5.41) is 12.2. The second-order valence-electron chi connectivity index (χ2n) is 6.61.